The van der Waals surface area contributed by atoms with E-state index in [1.165, 1.54) is 6.07 Å². The molecule has 28 heavy (non-hydrogen) atoms. The standard InChI is InChI=1S/C20H18ClN3O4/c21-16-8-6-15(7-9-16)20(27)23-10-2-5-19(26)28-13-18(25)24-17-4-1-3-14(11-17)12-22/h1,3-4,6-9,11H,2,5,10,13H2,(H,23,27)(H,24,25). The fraction of sp³-hybridized carbons (Fsp3) is 0.200. The Labute approximate surface area is 167 Å². The maximum Gasteiger partial charge on any atom is 0.306 e. The zero-order chi connectivity index (χ0) is 20.4. The molecule has 0 aliphatic rings. The van der Waals surface area contributed by atoms with Gasteiger partial charge in [0.2, 0.25) is 0 Å². The average molecular weight is 400 g/mol. The summed E-state index contributed by atoms with van der Waals surface area (Å²) < 4.78 is 4.89. The van der Waals surface area contributed by atoms with Crippen LogP contribution in [0.1, 0.15) is 28.8 Å². The molecule has 0 fully saturated rings. The largest absolute Gasteiger partial charge is 0.456 e. The molecule has 0 atom stereocenters. The van der Waals surface area contributed by atoms with Crippen LogP contribution in [0.25, 0.3) is 0 Å². The van der Waals surface area contributed by atoms with Gasteiger partial charge in [0.05, 0.1) is 11.6 Å². The minimum absolute atomic E-state index is 0.0676. The number of amides is 2. The number of anilines is 1. The second-order valence-electron chi connectivity index (χ2n) is 5.77. The van der Waals surface area contributed by atoms with Crippen LogP contribution >= 0.6 is 11.6 Å². The smallest absolute Gasteiger partial charge is 0.306 e. The normalized spacial score (nSPS) is 9.86. The van der Waals surface area contributed by atoms with E-state index in [0.29, 0.717) is 34.8 Å². The van der Waals surface area contributed by atoms with Crippen molar-refractivity contribution in [1.29, 1.82) is 5.26 Å². The van der Waals surface area contributed by atoms with Crippen molar-refractivity contribution in [3.05, 3.63) is 64.7 Å². The molecule has 0 bridgehead atoms. The molecule has 0 radical (unpaired) electrons. The van der Waals surface area contributed by atoms with Gasteiger partial charge in [-0.15, -0.1) is 0 Å². The zero-order valence-electron chi connectivity index (χ0n) is 14.9. The Morgan fingerprint density at radius 1 is 1.11 bits per heavy atom. The van der Waals surface area contributed by atoms with Gasteiger partial charge in [-0.1, -0.05) is 17.7 Å². The van der Waals surface area contributed by atoms with E-state index in [1.54, 1.807) is 42.5 Å². The highest BCUT2D eigenvalue weighted by Gasteiger charge is 2.09. The van der Waals surface area contributed by atoms with Crippen molar-refractivity contribution in [1.82, 2.24) is 5.32 Å². The fourth-order valence-electron chi connectivity index (χ4n) is 2.22. The van der Waals surface area contributed by atoms with Crippen LogP contribution in [0.4, 0.5) is 5.69 Å². The van der Waals surface area contributed by atoms with Gasteiger partial charge >= 0.3 is 5.97 Å². The molecule has 0 unspecified atom stereocenters. The van der Waals surface area contributed by atoms with Gasteiger partial charge in [-0.3, -0.25) is 14.4 Å². The maximum atomic E-state index is 11.9. The summed E-state index contributed by atoms with van der Waals surface area (Å²) in [5.74, 6) is -1.30. The molecule has 2 rings (SSSR count). The molecule has 2 aromatic carbocycles. The molecule has 144 valence electrons. The van der Waals surface area contributed by atoms with Crippen molar-refractivity contribution in [2.45, 2.75) is 12.8 Å². The van der Waals surface area contributed by atoms with Gasteiger partial charge in [-0.05, 0) is 48.9 Å². The number of hydrogen-bond donors (Lipinski definition) is 2. The number of hydrogen-bond acceptors (Lipinski definition) is 5. The highest BCUT2D eigenvalue weighted by atomic mass is 35.5. The minimum atomic E-state index is -0.540. The fourth-order valence-corrected chi connectivity index (χ4v) is 2.35. The maximum absolute atomic E-state index is 11.9. The lowest BCUT2D eigenvalue weighted by Crippen LogP contribution is -2.25. The third-order valence-corrected chi connectivity index (χ3v) is 3.84. The molecule has 0 heterocycles. The van der Waals surface area contributed by atoms with Crippen molar-refractivity contribution in [2.24, 2.45) is 0 Å². The number of nitriles is 1. The summed E-state index contributed by atoms with van der Waals surface area (Å²) >= 11 is 5.76. The summed E-state index contributed by atoms with van der Waals surface area (Å²) in [4.78, 5) is 35.4. The molecule has 8 heteroatoms. The molecule has 2 N–H and O–H groups in total. The van der Waals surface area contributed by atoms with Crippen molar-refractivity contribution >= 4 is 35.1 Å². The molecule has 0 aliphatic heterocycles. The number of esters is 1. The van der Waals surface area contributed by atoms with E-state index in [9.17, 15) is 14.4 Å². The highest BCUT2D eigenvalue weighted by Crippen LogP contribution is 2.10. The van der Waals surface area contributed by atoms with E-state index < -0.39 is 18.5 Å². The Bertz CT molecular complexity index is 891. The summed E-state index contributed by atoms with van der Waals surface area (Å²) in [6, 6.07) is 14.8. The van der Waals surface area contributed by atoms with E-state index in [-0.39, 0.29) is 12.3 Å². The van der Waals surface area contributed by atoms with Crippen molar-refractivity contribution < 1.29 is 19.1 Å². The first-order valence-electron chi connectivity index (χ1n) is 8.47. The number of nitrogens with zero attached hydrogens (tertiary/aromatic N) is 1. The lowest BCUT2D eigenvalue weighted by Gasteiger charge is -2.07. The third kappa shape index (κ3) is 7.09. The highest BCUT2D eigenvalue weighted by molar-refractivity contribution is 6.30. The number of nitrogens with one attached hydrogen (secondary N) is 2. The topological polar surface area (TPSA) is 108 Å². The third-order valence-electron chi connectivity index (χ3n) is 3.59. The van der Waals surface area contributed by atoms with Gasteiger partial charge in [0.1, 0.15) is 0 Å². The van der Waals surface area contributed by atoms with Crippen LogP contribution in [0.5, 0.6) is 0 Å². The van der Waals surface area contributed by atoms with Crippen LogP contribution in [0.15, 0.2) is 48.5 Å². The zero-order valence-corrected chi connectivity index (χ0v) is 15.7. The van der Waals surface area contributed by atoms with E-state index in [0.717, 1.165) is 0 Å². The van der Waals surface area contributed by atoms with Crippen molar-refractivity contribution in [2.75, 3.05) is 18.5 Å². The first-order chi connectivity index (χ1) is 13.5. The Balaban J connectivity index is 1.63. The Morgan fingerprint density at radius 2 is 1.86 bits per heavy atom. The SMILES string of the molecule is N#Cc1cccc(NC(=O)COC(=O)CCCNC(=O)c2ccc(Cl)cc2)c1. The average Bonchev–Trinajstić information content (AvgIpc) is 2.70. The number of rotatable bonds is 8. The van der Waals surface area contributed by atoms with Gasteiger partial charge in [0.15, 0.2) is 6.61 Å². The van der Waals surface area contributed by atoms with E-state index in [1.807, 2.05) is 6.07 Å². The molecular weight excluding hydrogens is 382 g/mol. The molecule has 0 saturated carbocycles. The van der Waals surface area contributed by atoms with Gasteiger partial charge in [-0.2, -0.15) is 5.26 Å². The first kappa shape index (κ1) is 20.9. The van der Waals surface area contributed by atoms with Crippen LogP contribution in [0.3, 0.4) is 0 Å². The Morgan fingerprint density at radius 3 is 2.57 bits per heavy atom. The molecule has 2 aromatic rings. The quantitative estimate of drug-likeness (QED) is 0.524. The van der Waals surface area contributed by atoms with Gasteiger partial charge in [-0.25, -0.2) is 0 Å². The first-order valence-corrected chi connectivity index (χ1v) is 8.85. The van der Waals surface area contributed by atoms with Crippen LogP contribution in [-0.4, -0.2) is 30.9 Å². The molecule has 0 aromatic heterocycles. The van der Waals surface area contributed by atoms with E-state index >= 15 is 0 Å². The molecule has 0 aliphatic carbocycles. The summed E-state index contributed by atoms with van der Waals surface area (Å²) in [5, 5.41) is 14.6. The van der Waals surface area contributed by atoms with Crippen LogP contribution in [-0.2, 0) is 14.3 Å². The van der Waals surface area contributed by atoms with Crippen LogP contribution in [0.2, 0.25) is 5.02 Å². The molecule has 2 amide bonds. The number of benzene rings is 2. The van der Waals surface area contributed by atoms with Gasteiger partial charge < -0.3 is 15.4 Å². The number of ether oxygens (including phenoxy) is 1. The molecule has 0 spiro atoms. The van der Waals surface area contributed by atoms with Gasteiger partial charge in [0.25, 0.3) is 11.8 Å². The minimum Gasteiger partial charge on any atom is -0.456 e. The lowest BCUT2D eigenvalue weighted by atomic mass is 10.2. The Hall–Kier alpha value is -3.37. The summed E-state index contributed by atoms with van der Waals surface area (Å²) in [7, 11) is 0. The van der Waals surface area contributed by atoms with Crippen LogP contribution in [0, 0.1) is 11.3 Å². The molecule has 0 saturated heterocycles. The number of halogens is 1. The molecule has 7 nitrogen and oxygen atoms in total. The summed E-state index contributed by atoms with van der Waals surface area (Å²) in [5.41, 5.74) is 1.34. The predicted molar refractivity (Wildman–Crippen MR) is 104 cm³/mol. The van der Waals surface area contributed by atoms with E-state index in [4.69, 9.17) is 21.6 Å². The second-order valence-corrected chi connectivity index (χ2v) is 6.20. The number of carbonyl (C=O) groups excluding carboxylic acids is 3. The number of carbonyl (C=O) groups is 3. The second kappa shape index (κ2) is 10.7. The predicted octanol–water partition coefficient (Wildman–Crippen LogP) is 2.90. The van der Waals surface area contributed by atoms with Crippen molar-refractivity contribution in [3.8, 4) is 6.07 Å². The molecular formula is C20H18ClN3O4. The van der Waals surface area contributed by atoms with Crippen molar-refractivity contribution in [3.63, 3.8) is 0 Å². The summed E-state index contributed by atoms with van der Waals surface area (Å²) in [6.07, 6.45) is 0.447. The summed E-state index contributed by atoms with van der Waals surface area (Å²) in [6.45, 7) is -0.129. The lowest BCUT2D eigenvalue weighted by molar-refractivity contribution is -0.147. The van der Waals surface area contributed by atoms with E-state index in [2.05, 4.69) is 10.6 Å². The van der Waals surface area contributed by atoms with Crippen LogP contribution < -0.4 is 10.6 Å². The Kier molecular flexibility index (Phi) is 8.00. The van der Waals surface area contributed by atoms with Gasteiger partial charge in [0, 0.05) is 29.2 Å². The monoisotopic (exact) mass is 399 g/mol.